The highest BCUT2D eigenvalue weighted by Gasteiger charge is 2.28. The summed E-state index contributed by atoms with van der Waals surface area (Å²) in [6.45, 7) is 3.86. The highest BCUT2D eigenvalue weighted by atomic mass is 16.5. The van der Waals surface area contributed by atoms with Crippen LogP contribution in [0, 0.1) is 19.8 Å². The number of pyridine rings is 1. The monoisotopic (exact) mass is 310 g/mol. The minimum Gasteiger partial charge on any atom is -0.360 e. The van der Waals surface area contributed by atoms with Crippen molar-refractivity contribution in [2.24, 2.45) is 5.92 Å². The zero-order valence-corrected chi connectivity index (χ0v) is 13.2. The number of anilines is 1. The molecule has 1 unspecified atom stereocenters. The van der Waals surface area contributed by atoms with Crippen LogP contribution in [0.5, 0.6) is 0 Å². The van der Waals surface area contributed by atoms with Gasteiger partial charge in [-0.3, -0.25) is 4.79 Å². The molecule has 0 aliphatic heterocycles. The van der Waals surface area contributed by atoms with Gasteiger partial charge in [0.25, 0.3) is 0 Å². The van der Waals surface area contributed by atoms with E-state index < -0.39 is 0 Å². The summed E-state index contributed by atoms with van der Waals surface area (Å²) in [6.07, 6.45) is 4.37. The van der Waals surface area contributed by atoms with Crippen LogP contribution >= 0.6 is 0 Å². The second-order valence-electron chi connectivity index (χ2n) is 6.19. The van der Waals surface area contributed by atoms with E-state index in [9.17, 15) is 4.79 Å². The molecule has 1 aliphatic rings. The zero-order valence-electron chi connectivity index (χ0n) is 13.2. The van der Waals surface area contributed by atoms with Gasteiger partial charge in [-0.25, -0.2) is 4.98 Å². The van der Waals surface area contributed by atoms with Gasteiger partial charge in [-0.05, 0) is 44.4 Å². The highest BCUT2D eigenvalue weighted by molar-refractivity contribution is 5.92. The lowest BCUT2D eigenvalue weighted by Gasteiger charge is -2.20. The molecule has 0 spiro atoms. The van der Waals surface area contributed by atoms with Gasteiger partial charge in [-0.2, -0.15) is 0 Å². The number of hydrogen-bond acceptors (Lipinski definition) is 4. The smallest absolute Gasteiger partial charge is 0.229 e. The van der Waals surface area contributed by atoms with Crippen molar-refractivity contribution in [1.29, 1.82) is 0 Å². The Hall–Kier alpha value is -2.63. The van der Waals surface area contributed by atoms with E-state index in [0.29, 0.717) is 18.0 Å². The van der Waals surface area contributed by atoms with Gasteiger partial charge in [-0.1, -0.05) is 5.16 Å². The van der Waals surface area contributed by atoms with Gasteiger partial charge < -0.3 is 14.2 Å². The Morgan fingerprint density at radius 1 is 1.39 bits per heavy atom. The molecule has 0 saturated heterocycles. The van der Waals surface area contributed by atoms with Gasteiger partial charge in [0.15, 0.2) is 5.82 Å². The SMILES string of the molecule is Cc1ccn2c3c(nc2c1)CCC(C(=O)Nc1cc(C)on1)C3. The normalized spacial score (nSPS) is 17.2. The average molecular weight is 310 g/mol. The van der Waals surface area contributed by atoms with Crippen molar-refractivity contribution in [2.45, 2.75) is 33.1 Å². The average Bonchev–Trinajstić information content (AvgIpc) is 3.09. The van der Waals surface area contributed by atoms with Crippen LogP contribution in [0.2, 0.25) is 0 Å². The maximum absolute atomic E-state index is 12.5. The number of fused-ring (bicyclic) bond motifs is 3. The van der Waals surface area contributed by atoms with Crippen molar-refractivity contribution in [3.05, 3.63) is 47.1 Å². The predicted molar refractivity (Wildman–Crippen MR) is 85.3 cm³/mol. The molecule has 4 rings (SSSR count). The van der Waals surface area contributed by atoms with Crippen molar-refractivity contribution >= 4 is 17.4 Å². The maximum Gasteiger partial charge on any atom is 0.229 e. The summed E-state index contributed by atoms with van der Waals surface area (Å²) in [5.74, 6) is 1.09. The third kappa shape index (κ3) is 2.50. The number of imidazole rings is 1. The van der Waals surface area contributed by atoms with Crippen molar-refractivity contribution in [2.75, 3.05) is 5.32 Å². The van der Waals surface area contributed by atoms with Crippen LogP contribution in [0.1, 0.15) is 29.1 Å². The molecule has 6 heteroatoms. The van der Waals surface area contributed by atoms with Crippen LogP contribution in [0.3, 0.4) is 0 Å². The van der Waals surface area contributed by atoms with E-state index in [0.717, 1.165) is 29.9 Å². The second kappa shape index (κ2) is 5.22. The summed E-state index contributed by atoms with van der Waals surface area (Å²) >= 11 is 0. The number of aryl methyl sites for hydroxylation is 3. The molecule has 23 heavy (non-hydrogen) atoms. The van der Waals surface area contributed by atoms with Gasteiger partial charge >= 0.3 is 0 Å². The summed E-state index contributed by atoms with van der Waals surface area (Å²) in [4.78, 5) is 17.2. The summed E-state index contributed by atoms with van der Waals surface area (Å²) < 4.78 is 7.09. The van der Waals surface area contributed by atoms with E-state index in [4.69, 9.17) is 9.51 Å². The van der Waals surface area contributed by atoms with E-state index in [-0.39, 0.29) is 11.8 Å². The predicted octanol–water partition coefficient (Wildman–Crippen LogP) is 2.68. The molecule has 3 heterocycles. The van der Waals surface area contributed by atoms with E-state index in [1.807, 2.05) is 6.20 Å². The number of rotatable bonds is 2. The van der Waals surface area contributed by atoms with Gasteiger partial charge in [0.1, 0.15) is 11.4 Å². The molecular weight excluding hydrogens is 292 g/mol. The first kappa shape index (κ1) is 14.0. The number of nitrogens with one attached hydrogen (secondary N) is 1. The van der Waals surface area contributed by atoms with Crippen LogP contribution < -0.4 is 5.32 Å². The first-order valence-corrected chi connectivity index (χ1v) is 7.81. The Labute approximate surface area is 133 Å². The number of carbonyl (C=O) groups is 1. The zero-order chi connectivity index (χ0) is 16.0. The fourth-order valence-corrected chi connectivity index (χ4v) is 3.19. The molecule has 3 aromatic heterocycles. The van der Waals surface area contributed by atoms with Crippen LogP contribution in [0.4, 0.5) is 5.82 Å². The number of carbonyl (C=O) groups excluding carboxylic acids is 1. The Morgan fingerprint density at radius 3 is 3.04 bits per heavy atom. The van der Waals surface area contributed by atoms with E-state index >= 15 is 0 Å². The third-order valence-electron chi connectivity index (χ3n) is 4.38. The molecule has 0 radical (unpaired) electrons. The van der Waals surface area contributed by atoms with Crippen molar-refractivity contribution < 1.29 is 9.32 Å². The van der Waals surface area contributed by atoms with E-state index in [1.54, 1.807) is 13.0 Å². The summed E-state index contributed by atoms with van der Waals surface area (Å²) in [5, 5.41) is 6.66. The van der Waals surface area contributed by atoms with Crippen LogP contribution in [-0.2, 0) is 17.6 Å². The summed E-state index contributed by atoms with van der Waals surface area (Å²) in [7, 11) is 0. The fourth-order valence-electron chi connectivity index (χ4n) is 3.19. The molecule has 1 amide bonds. The first-order chi connectivity index (χ1) is 11.1. The van der Waals surface area contributed by atoms with Crippen LogP contribution in [0.15, 0.2) is 28.9 Å². The number of hydrogen-bond donors (Lipinski definition) is 1. The third-order valence-corrected chi connectivity index (χ3v) is 4.38. The number of nitrogens with zero attached hydrogens (tertiary/aromatic N) is 3. The molecule has 1 N–H and O–H groups in total. The molecule has 0 saturated carbocycles. The largest absolute Gasteiger partial charge is 0.360 e. The number of amides is 1. The lowest BCUT2D eigenvalue weighted by molar-refractivity contribution is -0.120. The standard InChI is InChI=1S/C17H18N4O2/c1-10-5-6-21-14-9-12(3-4-13(14)18-16(21)7-10)17(22)19-15-8-11(2)23-20-15/h5-8,12H,3-4,9H2,1-2H3,(H,19,20,22). The van der Waals surface area contributed by atoms with Gasteiger partial charge in [0.05, 0.1) is 5.69 Å². The Kier molecular flexibility index (Phi) is 3.18. The van der Waals surface area contributed by atoms with Crippen molar-refractivity contribution in [3.63, 3.8) is 0 Å². The van der Waals surface area contributed by atoms with Crippen LogP contribution in [0.25, 0.3) is 5.65 Å². The molecule has 0 aromatic carbocycles. The van der Waals surface area contributed by atoms with Crippen molar-refractivity contribution in [3.8, 4) is 0 Å². The number of aromatic nitrogens is 3. The summed E-state index contributed by atoms with van der Waals surface area (Å²) in [6, 6.07) is 5.87. The van der Waals surface area contributed by atoms with Gasteiger partial charge in [0.2, 0.25) is 5.91 Å². The molecule has 1 atom stereocenters. The highest BCUT2D eigenvalue weighted by Crippen LogP contribution is 2.27. The lowest BCUT2D eigenvalue weighted by Crippen LogP contribution is -2.28. The Morgan fingerprint density at radius 2 is 2.26 bits per heavy atom. The van der Waals surface area contributed by atoms with Crippen molar-refractivity contribution in [1.82, 2.24) is 14.5 Å². The lowest BCUT2D eigenvalue weighted by atomic mass is 9.89. The minimum atomic E-state index is -0.0688. The summed E-state index contributed by atoms with van der Waals surface area (Å²) in [5.41, 5.74) is 4.40. The van der Waals surface area contributed by atoms with E-state index in [2.05, 4.69) is 33.9 Å². The molecule has 1 aliphatic carbocycles. The second-order valence-corrected chi connectivity index (χ2v) is 6.19. The van der Waals surface area contributed by atoms with Crippen LogP contribution in [-0.4, -0.2) is 20.4 Å². The fraction of sp³-hybridized carbons (Fsp3) is 0.353. The minimum absolute atomic E-state index is 0.00832. The van der Waals surface area contributed by atoms with E-state index in [1.165, 1.54) is 5.56 Å². The maximum atomic E-state index is 12.5. The molecular formula is C17H18N4O2. The van der Waals surface area contributed by atoms with Gasteiger partial charge in [-0.15, -0.1) is 0 Å². The molecule has 0 bridgehead atoms. The molecule has 6 nitrogen and oxygen atoms in total. The molecule has 3 aromatic rings. The first-order valence-electron chi connectivity index (χ1n) is 7.81. The Balaban J connectivity index is 1.58. The molecule has 0 fully saturated rings. The quantitative estimate of drug-likeness (QED) is 0.790. The van der Waals surface area contributed by atoms with Gasteiger partial charge in [0, 0.05) is 30.3 Å². The molecule has 118 valence electrons. The topological polar surface area (TPSA) is 72.4 Å². The Bertz CT molecular complexity index is 893.